The molecule has 208 valence electrons. The molecule has 5 rings (SSSR count). The van der Waals surface area contributed by atoms with E-state index in [4.69, 9.17) is 4.74 Å². The number of aliphatic carboxylic acids is 1. The van der Waals surface area contributed by atoms with Crippen molar-refractivity contribution in [3.05, 3.63) is 78.1 Å². The number of hydrogen-bond donors (Lipinski definition) is 2. The van der Waals surface area contributed by atoms with Gasteiger partial charge in [0.05, 0.1) is 22.7 Å². The first-order valence-corrected chi connectivity index (χ1v) is 12.3. The highest BCUT2D eigenvalue weighted by molar-refractivity contribution is 5.98. The van der Waals surface area contributed by atoms with Crippen LogP contribution in [0.25, 0.3) is 10.9 Å². The third-order valence-corrected chi connectivity index (χ3v) is 6.56. The van der Waals surface area contributed by atoms with E-state index in [1.165, 1.54) is 17.1 Å². The number of nitrogens with one attached hydrogen (secondary N) is 1. The van der Waals surface area contributed by atoms with Gasteiger partial charge >= 0.3 is 18.2 Å². The molecule has 0 bridgehead atoms. The molecule has 40 heavy (non-hydrogen) atoms. The first-order valence-electron chi connectivity index (χ1n) is 12.3. The van der Waals surface area contributed by atoms with Crippen molar-refractivity contribution >= 4 is 28.6 Å². The van der Waals surface area contributed by atoms with E-state index < -0.39 is 35.5 Å². The molecule has 2 aromatic heterocycles. The second-order valence-corrected chi connectivity index (χ2v) is 9.39. The summed E-state index contributed by atoms with van der Waals surface area (Å²) in [6.07, 6.45) is -0.641. The zero-order valence-corrected chi connectivity index (χ0v) is 20.9. The van der Waals surface area contributed by atoms with Crippen molar-refractivity contribution in [2.24, 2.45) is 5.92 Å². The number of piperidine rings is 1. The molecule has 1 aliphatic heterocycles. The molecule has 1 atom stereocenters. The maximum Gasteiger partial charge on any atom is 0.419 e. The van der Waals surface area contributed by atoms with E-state index in [9.17, 15) is 32.3 Å². The quantitative estimate of drug-likeness (QED) is 0.290. The number of carboxylic acid groups (broad SMARTS) is 1. The summed E-state index contributed by atoms with van der Waals surface area (Å²) >= 11 is 0. The van der Waals surface area contributed by atoms with Gasteiger partial charge in [0, 0.05) is 36.4 Å². The normalized spacial score (nSPS) is 16.1. The fourth-order valence-electron chi connectivity index (χ4n) is 4.64. The largest absolute Gasteiger partial charge is 0.481 e. The number of aromatic nitrogens is 3. The number of anilines is 1. The van der Waals surface area contributed by atoms with Gasteiger partial charge in [-0.15, -0.1) is 0 Å². The molecule has 1 amide bonds. The van der Waals surface area contributed by atoms with Gasteiger partial charge in [0.15, 0.2) is 0 Å². The molecule has 1 unspecified atom stereocenters. The molecule has 3 heterocycles. The molecule has 2 aromatic carbocycles. The highest BCUT2D eigenvalue weighted by Crippen LogP contribution is 2.33. The third kappa shape index (κ3) is 6.04. The van der Waals surface area contributed by atoms with Gasteiger partial charge in [-0.25, -0.2) is 19.2 Å². The number of nitrogens with zero attached hydrogens (tertiary/aromatic N) is 4. The summed E-state index contributed by atoms with van der Waals surface area (Å²) in [6.45, 7) is 1.68. The van der Waals surface area contributed by atoms with E-state index in [-0.39, 0.29) is 11.6 Å². The number of ether oxygens (including phenoxy) is 1. The second kappa shape index (κ2) is 10.9. The summed E-state index contributed by atoms with van der Waals surface area (Å²) in [7, 11) is 0. The van der Waals surface area contributed by atoms with Gasteiger partial charge in [0.2, 0.25) is 5.88 Å². The fourth-order valence-corrected chi connectivity index (χ4v) is 4.64. The van der Waals surface area contributed by atoms with Gasteiger partial charge in [-0.2, -0.15) is 13.2 Å². The van der Waals surface area contributed by atoms with Crippen LogP contribution in [0, 0.1) is 11.7 Å². The first kappa shape index (κ1) is 27.1. The van der Waals surface area contributed by atoms with Crippen molar-refractivity contribution in [3.8, 4) is 11.6 Å². The molecule has 1 saturated heterocycles. The van der Waals surface area contributed by atoms with Crippen LogP contribution in [0.2, 0.25) is 0 Å². The number of halogens is 4. The van der Waals surface area contributed by atoms with Crippen LogP contribution in [-0.2, 0) is 17.5 Å². The van der Waals surface area contributed by atoms with Crippen LogP contribution in [0.15, 0.2) is 61.1 Å². The minimum absolute atomic E-state index is 0.205. The van der Waals surface area contributed by atoms with Crippen molar-refractivity contribution < 1.29 is 37.0 Å². The highest BCUT2D eigenvalue weighted by Gasteiger charge is 2.34. The Morgan fingerprint density at radius 1 is 1.10 bits per heavy atom. The van der Waals surface area contributed by atoms with Crippen molar-refractivity contribution in [3.63, 3.8) is 0 Å². The number of carbonyl (C=O) groups is 2. The fraction of sp³-hybridized carbons (Fsp3) is 0.259. The summed E-state index contributed by atoms with van der Waals surface area (Å²) in [5.74, 6) is -1.93. The summed E-state index contributed by atoms with van der Waals surface area (Å²) in [4.78, 5) is 34.5. The Morgan fingerprint density at radius 2 is 1.93 bits per heavy atom. The van der Waals surface area contributed by atoms with Gasteiger partial charge < -0.3 is 15.2 Å². The van der Waals surface area contributed by atoms with E-state index in [0.717, 1.165) is 19.0 Å². The Bertz CT molecular complexity index is 1570. The average molecular weight is 558 g/mol. The predicted octanol–water partition coefficient (Wildman–Crippen LogP) is 5.76. The number of carbonyl (C=O) groups excluding carboxylic acids is 1. The molecule has 9 nitrogen and oxygen atoms in total. The van der Waals surface area contributed by atoms with Crippen molar-refractivity contribution in [1.82, 2.24) is 19.4 Å². The summed E-state index contributed by atoms with van der Waals surface area (Å²) in [5, 5.41) is 12.3. The topological polar surface area (TPSA) is 110 Å². The minimum Gasteiger partial charge on any atom is -0.481 e. The summed E-state index contributed by atoms with van der Waals surface area (Å²) < 4.78 is 59.7. The number of fused-ring (bicyclic) bond motifs is 1. The van der Waals surface area contributed by atoms with Gasteiger partial charge in [-0.1, -0.05) is 0 Å². The Kier molecular flexibility index (Phi) is 7.39. The van der Waals surface area contributed by atoms with Crippen molar-refractivity contribution in [2.45, 2.75) is 25.6 Å². The maximum atomic E-state index is 13.6. The molecule has 2 N–H and O–H groups in total. The molecule has 0 radical (unpaired) electrons. The number of benzene rings is 2. The van der Waals surface area contributed by atoms with Crippen LogP contribution >= 0.6 is 0 Å². The molecule has 13 heteroatoms. The van der Waals surface area contributed by atoms with Gasteiger partial charge in [0.1, 0.15) is 17.9 Å². The van der Waals surface area contributed by atoms with Crippen molar-refractivity contribution in [2.75, 3.05) is 18.4 Å². The molecular formula is C27H23F4N5O4. The summed E-state index contributed by atoms with van der Waals surface area (Å²) in [5.41, 5.74) is -0.542. The molecule has 0 saturated carbocycles. The zero-order valence-electron chi connectivity index (χ0n) is 20.9. The number of alkyl halides is 3. The van der Waals surface area contributed by atoms with Gasteiger partial charge in [0.25, 0.3) is 0 Å². The Balaban J connectivity index is 1.27. The lowest BCUT2D eigenvalue weighted by Crippen LogP contribution is -2.38. The van der Waals surface area contributed by atoms with Crippen LogP contribution in [0.3, 0.4) is 0 Å². The predicted molar refractivity (Wildman–Crippen MR) is 135 cm³/mol. The average Bonchev–Trinajstić information content (AvgIpc) is 3.33. The standard InChI is InChI=1S/C27H23F4N5O4/c28-22-5-3-18(11-21(22)27(29,30)31)34-26(39)36-9-7-16-10-20(4-6-23(16)36)40-24-12-19(32-15-33-24)14-35-8-1-2-17(13-35)25(37)38/h3-7,9-12,15,17H,1-2,8,13-14H2,(H,34,39)(H,37,38). The molecule has 4 aromatic rings. The Morgan fingerprint density at radius 3 is 2.70 bits per heavy atom. The number of rotatable bonds is 6. The molecule has 1 fully saturated rings. The van der Waals surface area contributed by atoms with Crippen LogP contribution in [0.5, 0.6) is 11.6 Å². The Hall–Kier alpha value is -4.52. The van der Waals surface area contributed by atoms with E-state index in [2.05, 4.69) is 15.3 Å². The SMILES string of the molecule is O=C(O)C1CCCN(Cc2cc(Oc3ccc4c(ccn4C(=O)Nc4ccc(F)c(C(F)(F)F)c4)c3)ncn2)C1. The van der Waals surface area contributed by atoms with Crippen LogP contribution in [0.4, 0.5) is 28.0 Å². The number of likely N-dealkylation sites (tertiary alicyclic amines) is 1. The zero-order chi connectivity index (χ0) is 28.4. The first-order chi connectivity index (χ1) is 19.1. The van der Waals surface area contributed by atoms with Crippen molar-refractivity contribution in [1.29, 1.82) is 0 Å². The molecular weight excluding hydrogens is 534 g/mol. The van der Waals surface area contributed by atoms with Gasteiger partial charge in [-0.3, -0.25) is 14.3 Å². The molecule has 0 aliphatic carbocycles. The summed E-state index contributed by atoms with van der Waals surface area (Å²) in [6, 6.07) is 9.69. The van der Waals surface area contributed by atoms with Crippen LogP contribution in [-0.4, -0.2) is 49.6 Å². The van der Waals surface area contributed by atoms with E-state index in [1.54, 1.807) is 30.3 Å². The smallest absolute Gasteiger partial charge is 0.419 e. The van der Waals surface area contributed by atoms with E-state index >= 15 is 0 Å². The van der Waals surface area contributed by atoms with Crippen LogP contribution in [0.1, 0.15) is 24.1 Å². The lowest BCUT2D eigenvalue weighted by atomic mass is 9.98. The van der Waals surface area contributed by atoms with Crippen LogP contribution < -0.4 is 10.1 Å². The second-order valence-electron chi connectivity index (χ2n) is 9.39. The molecule has 0 spiro atoms. The monoisotopic (exact) mass is 557 g/mol. The highest BCUT2D eigenvalue weighted by atomic mass is 19.4. The number of amides is 1. The molecule has 1 aliphatic rings. The Labute approximate surface area is 225 Å². The maximum absolute atomic E-state index is 13.6. The lowest BCUT2D eigenvalue weighted by molar-refractivity contribution is -0.143. The van der Waals surface area contributed by atoms with E-state index in [0.29, 0.717) is 54.0 Å². The van der Waals surface area contributed by atoms with Gasteiger partial charge in [-0.05, 0) is 61.9 Å². The number of carboxylic acids is 1. The number of hydrogen-bond acceptors (Lipinski definition) is 6. The third-order valence-electron chi connectivity index (χ3n) is 6.56. The lowest BCUT2D eigenvalue weighted by Gasteiger charge is -2.30. The van der Waals surface area contributed by atoms with E-state index in [1.807, 2.05) is 4.90 Å². The minimum atomic E-state index is -4.90.